The van der Waals surface area contributed by atoms with Gasteiger partial charge >= 0.3 is 0 Å². The topological polar surface area (TPSA) is 21.3 Å². The molecule has 3 rings (SSSR count). The van der Waals surface area contributed by atoms with Crippen molar-refractivity contribution in [3.63, 3.8) is 0 Å². The van der Waals surface area contributed by atoms with Gasteiger partial charge in [0.15, 0.2) is 0 Å². The van der Waals surface area contributed by atoms with Crippen molar-refractivity contribution in [2.45, 2.75) is 25.7 Å². The van der Waals surface area contributed by atoms with Crippen LogP contribution in [0.15, 0.2) is 36.4 Å². The fraction of sp³-hybridized carbons (Fsp3) is 0.444. The minimum Gasteiger partial charge on any atom is -0.496 e. The molecule has 1 fully saturated rings. The molecule has 2 heteroatoms. The lowest BCUT2D eigenvalue weighted by atomic mass is 9.77. The van der Waals surface area contributed by atoms with Gasteiger partial charge in [0.05, 0.1) is 7.11 Å². The highest BCUT2D eigenvalue weighted by Crippen LogP contribution is 2.41. The number of ether oxygens (including phenoxy) is 1. The molecule has 2 atom stereocenters. The zero-order valence-corrected chi connectivity index (χ0v) is 12.4. The van der Waals surface area contributed by atoms with Crippen molar-refractivity contribution in [3.05, 3.63) is 42.0 Å². The smallest absolute Gasteiger partial charge is 0.122 e. The Bertz CT molecular complexity index is 593. The van der Waals surface area contributed by atoms with Crippen LogP contribution in [0.3, 0.4) is 0 Å². The van der Waals surface area contributed by atoms with E-state index in [1.165, 1.54) is 29.2 Å². The van der Waals surface area contributed by atoms with E-state index in [0.717, 1.165) is 18.8 Å². The average Bonchev–Trinajstić information content (AvgIpc) is 2.53. The van der Waals surface area contributed by atoms with E-state index >= 15 is 0 Å². The summed E-state index contributed by atoms with van der Waals surface area (Å²) in [5, 5.41) is 6.21. The van der Waals surface area contributed by atoms with Gasteiger partial charge in [-0.25, -0.2) is 0 Å². The van der Waals surface area contributed by atoms with Crippen molar-refractivity contribution in [1.29, 1.82) is 0 Å². The van der Waals surface area contributed by atoms with Crippen LogP contribution in [0.25, 0.3) is 10.8 Å². The number of piperidine rings is 1. The van der Waals surface area contributed by atoms with Gasteiger partial charge in [-0.3, -0.25) is 0 Å². The number of hydrogen-bond acceptors (Lipinski definition) is 2. The van der Waals surface area contributed by atoms with Gasteiger partial charge in [0.25, 0.3) is 0 Å². The molecule has 2 nitrogen and oxygen atoms in total. The predicted octanol–water partition coefficient (Wildman–Crippen LogP) is 3.95. The molecular weight excluding hydrogens is 246 g/mol. The van der Waals surface area contributed by atoms with Gasteiger partial charge in [-0.1, -0.05) is 43.7 Å². The van der Waals surface area contributed by atoms with Crippen LogP contribution in [-0.4, -0.2) is 20.2 Å². The zero-order chi connectivity index (χ0) is 13.9. The van der Waals surface area contributed by atoms with Gasteiger partial charge in [0.2, 0.25) is 0 Å². The molecule has 0 bridgehead atoms. The van der Waals surface area contributed by atoms with E-state index in [1.54, 1.807) is 7.11 Å². The number of hydrogen-bond donors (Lipinski definition) is 1. The van der Waals surface area contributed by atoms with Crippen LogP contribution in [0.1, 0.15) is 31.2 Å². The normalized spacial score (nSPS) is 22.9. The predicted molar refractivity (Wildman–Crippen MR) is 84.5 cm³/mol. The minimum atomic E-state index is 0.599. The van der Waals surface area contributed by atoms with Crippen LogP contribution in [0, 0.1) is 5.92 Å². The number of methoxy groups -OCH3 is 1. The second-order valence-electron chi connectivity index (χ2n) is 5.67. The Morgan fingerprint density at radius 3 is 2.85 bits per heavy atom. The minimum absolute atomic E-state index is 0.599. The largest absolute Gasteiger partial charge is 0.496 e. The van der Waals surface area contributed by atoms with E-state index in [0.29, 0.717) is 11.8 Å². The SMILES string of the molecule is CCC1CNCCC1c1c(OC)ccc2ccccc12. The maximum atomic E-state index is 5.68. The van der Waals surface area contributed by atoms with Gasteiger partial charge in [0, 0.05) is 5.56 Å². The van der Waals surface area contributed by atoms with E-state index in [9.17, 15) is 0 Å². The molecule has 1 aliphatic heterocycles. The summed E-state index contributed by atoms with van der Waals surface area (Å²) in [6.07, 6.45) is 2.41. The van der Waals surface area contributed by atoms with Gasteiger partial charge < -0.3 is 10.1 Å². The molecule has 2 unspecified atom stereocenters. The van der Waals surface area contributed by atoms with E-state index in [-0.39, 0.29) is 0 Å². The molecule has 1 saturated heterocycles. The summed E-state index contributed by atoms with van der Waals surface area (Å²) in [4.78, 5) is 0. The first-order valence-corrected chi connectivity index (χ1v) is 7.61. The summed E-state index contributed by atoms with van der Waals surface area (Å²) in [6, 6.07) is 13.0. The van der Waals surface area contributed by atoms with Gasteiger partial charge in [-0.2, -0.15) is 0 Å². The van der Waals surface area contributed by atoms with Crippen LogP contribution in [-0.2, 0) is 0 Å². The van der Waals surface area contributed by atoms with Crippen LogP contribution in [0.2, 0.25) is 0 Å². The molecule has 0 saturated carbocycles. The second kappa shape index (κ2) is 5.84. The lowest BCUT2D eigenvalue weighted by Crippen LogP contribution is -2.35. The van der Waals surface area contributed by atoms with E-state index < -0.39 is 0 Å². The van der Waals surface area contributed by atoms with Crippen molar-refractivity contribution in [2.24, 2.45) is 5.92 Å². The first-order valence-electron chi connectivity index (χ1n) is 7.61. The van der Waals surface area contributed by atoms with Gasteiger partial charge in [-0.05, 0) is 48.2 Å². The van der Waals surface area contributed by atoms with Crippen molar-refractivity contribution < 1.29 is 4.74 Å². The maximum absolute atomic E-state index is 5.68. The van der Waals surface area contributed by atoms with E-state index in [2.05, 4.69) is 48.6 Å². The van der Waals surface area contributed by atoms with Crippen molar-refractivity contribution in [2.75, 3.05) is 20.2 Å². The maximum Gasteiger partial charge on any atom is 0.122 e. The van der Waals surface area contributed by atoms with Gasteiger partial charge in [0.1, 0.15) is 5.75 Å². The van der Waals surface area contributed by atoms with Crippen LogP contribution >= 0.6 is 0 Å². The molecule has 0 aliphatic carbocycles. The zero-order valence-electron chi connectivity index (χ0n) is 12.4. The molecule has 0 radical (unpaired) electrons. The third kappa shape index (κ3) is 2.29. The van der Waals surface area contributed by atoms with E-state index in [4.69, 9.17) is 4.74 Å². The summed E-state index contributed by atoms with van der Waals surface area (Å²) in [6.45, 7) is 4.52. The third-order valence-corrected chi connectivity index (χ3v) is 4.65. The summed E-state index contributed by atoms with van der Waals surface area (Å²) in [7, 11) is 1.79. The lowest BCUT2D eigenvalue weighted by molar-refractivity contribution is 0.309. The fourth-order valence-corrected chi connectivity index (χ4v) is 3.57. The monoisotopic (exact) mass is 269 g/mol. The number of benzene rings is 2. The quantitative estimate of drug-likeness (QED) is 0.911. The van der Waals surface area contributed by atoms with Crippen molar-refractivity contribution in [3.8, 4) is 5.75 Å². The lowest BCUT2D eigenvalue weighted by Gasteiger charge is -2.33. The Hall–Kier alpha value is -1.54. The molecular formula is C18H23NO. The van der Waals surface area contributed by atoms with E-state index in [1.807, 2.05) is 0 Å². The Labute approximate surface area is 121 Å². The van der Waals surface area contributed by atoms with Crippen LogP contribution in [0.5, 0.6) is 5.75 Å². The molecule has 1 aliphatic rings. The highest BCUT2D eigenvalue weighted by Gasteiger charge is 2.28. The number of nitrogens with one attached hydrogen (secondary N) is 1. The Morgan fingerprint density at radius 1 is 1.20 bits per heavy atom. The molecule has 0 amide bonds. The number of fused-ring (bicyclic) bond motifs is 1. The highest BCUT2D eigenvalue weighted by molar-refractivity contribution is 5.88. The van der Waals surface area contributed by atoms with Gasteiger partial charge in [-0.15, -0.1) is 0 Å². The van der Waals surface area contributed by atoms with Crippen molar-refractivity contribution in [1.82, 2.24) is 5.32 Å². The summed E-state index contributed by atoms with van der Waals surface area (Å²) in [5.41, 5.74) is 1.42. The summed E-state index contributed by atoms with van der Waals surface area (Å²) in [5.74, 6) is 2.35. The first-order chi connectivity index (χ1) is 9.85. The molecule has 106 valence electrons. The molecule has 2 aromatic carbocycles. The number of rotatable bonds is 3. The summed E-state index contributed by atoms with van der Waals surface area (Å²) >= 11 is 0. The Morgan fingerprint density at radius 2 is 2.05 bits per heavy atom. The molecule has 0 spiro atoms. The Balaban J connectivity index is 2.16. The van der Waals surface area contributed by atoms with Crippen molar-refractivity contribution >= 4 is 10.8 Å². The Kier molecular flexibility index (Phi) is 3.93. The second-order valence-corrected chi connectivity index (χ2v) is 5.67. The van der Waals surface area contributed by atoms with Crippen LogP contribution in [0.4, 0.5) is 0 Å². The highest BCUT2D eigenvalue weighted by atomic mass is 16.5. The molecule has 0 aromatic heterocycles. The molecule has 1 N–H and O–H groups in total. The summed E-state index contributed by atoms with van der Waals surface area (Å²) < 4.78 is 5.68. The fourth-order valence-electron chi connectivity index (χ4n) is 3.57. The first kappa shape index (κ1) is 13.4. The average molecular weight is 269 g/mol. The standard InChI is InChI=1S/C18H23NO/c1-3-13-12-19-11-10-16(13)18-15-7-5-4-6-14(15)8-9-17(18)20-2/h4-9,13,16,19H,3,10-12H2,1-2H3. The molecule has 1 heterocycles. The molecule has 2 aromatic rings. The third-order valence-electron chi connectivity index (χ3n) is 4.65. The van der Waals surface area contributed by atoms with Crippen LogP contribution < -0.4 is 10.1 Å². The molecule has 20 heavy (non-hydrogen) atoms.